The maximum absolute atomic E-state index is 10.3. The average Bonchev–Trinajstić information content (AvgIpc) is 2.83. The van der Waals surface area contributed by atoms with E-state index < -0.39 is 0 Å². The Labute approximate surface area is 113 Å². The van der Waals surface area contributed by atoms with Gasteiger partial charge in [0.2, 0.25) is 6.41 Å². The second kappa shape index (κ2) is 7.04. The van der Waals surface area contributed by atoms with Gasteiger partial charge >= 0.3 is 0 Å². The Morgan fingerprint density at radius 2 is 2.28 bits per heavy atom. The number of thioether (sulfide) groups is 1. The van der Waals surface area contributed by atoms with Crippen LogP contribution in [0.25, 0.3) is 0 Å². The fraction of sp³-hybridized carbons (Fsp3) is 0.769. The van der Waals surface area contributed by atoms with Gasteiger partial charge in [0, 0.05) is 29.6 Å². The number of allylic oxidation sites excluding steroid dienone is 2. The van der Waals surface area contributed by atoms with Crippen molar-refractivity contribution in [1.29, 1.82) is 0 Å². The first-order chi connectivity index (χ1) is 8.79. The van der Waals surface area contributed by atoms with Crippen molar-refractivity contribution in [2.75, 3.05) is 25.5 Å². The number of amides is 1. The highest BCUT2D eigenvalue weighted by Crippen LogP contribution is 2.31. The second-order valence-electron chi connectivity index (χ2n) is 5.19. The molecule has 0 bridgehead atoms. The molecule has 0 saturated carbocycles. The van der Waals surface area contributed by atoms with Crippen LogP contribution in [0.5, 0.6) is 0 Å². The number of nitrogens with two attached hydrogens (primary N) is 1. The summed E-state index contributed by atoms with van der Waals surface area (Å²) in [6.45, 7) is 3.06. The van der Waals surface area contributed by atoms with E-state index in [2.05, 4.69) is 10.2 Å². The molecule has 1 aliphatic carbocycles. The first kappa shape index (κ1) is 13.7. The van der Waals surface area contributed by atoms with Crippen LogP contribution in [0.3, 0.4) is 0 Å². The van der Waals surface area contributed by atoms with Crippen LogP contribution >= 0.6 is 11.8 Å². The molecule has 1 aliphatic heterocycles. The largest absolute Gasteiger partial charge is 0.401 e. The summed E-state index contributed by atoms with van der Waals surface area (Å²) in [7, 11) is 0. The molecule has 3 N–H and O–H groups in total. The molecule has 0 radical (unpaired) electrons. The maximum Gasteiger partial charge on any atom is 0.207 e. The lowest BCUT2D eigenvalue weighted by Crippen LogP contribution is -2.25. The summed E-state index contributed by atoms with van der Waals surface area (Å²) >= 11 is 1.92. The molecular formula is C13H23N3OS. The van der Waals surface area contributed by atoms with Crippen molar-refractivity contribution >= 4 is 18.2 Å². The van der Waals surface area contributed by atoms with Gasteiger partial charge in [0.25, 0.3) is 0 Å². The fourth-order valence-corrected chi connectivity index (χ4v) is 3.80. The number of carbonyl (C=O) groups is 1. The van der Waals surface area contributed by atoms with Crippen LogP contribution < -0.4 is 11.1 Å². The molecule has 102 valence electrons. The van der Waals surface area contributed by atoms with E-state index in [0.29, 0.717) is 5.92 Å². The third kappa shape index (κ3) is 3.92. The van der Waals surface area contributed by atoms with Gasteiger partial charge in [-0.15, -0.1) is 11.8 Å². The quantitative estimate of drug-likeness (QED) is 0.717. The van der Waals surface area contributed by atoms with Crippen molar-refractivity contribution in [3.05, 3.63) is 10.6 Å². The predicted molar refractivity (Wildman–Crippen MR) is 75.9 cm³/mol. The topological polar surface area (TPSA) is 58.4 Å². The zero-order chi connectivity index (χ0) is 12.8. The van der Waals surface area contributed by atoms with E-state index in [1.807, 2.05) is 11.8 Å². The Morgan fingerprint density at radius 1 is 1.44 bits per heavy atom. The molecule has 0 spiro atoms. The molecule has 2 rings (SSSR count). The molecule has 18 heavy (non-hydrogen) atoms. The molecule has 1 unspecified atom stereocenters. The molecule has 4 nitrogen and oxygen atoms in total. The van der Waals surface area contributed by atoms with Gasteiger partial charge in [-0.1, -0.05) is 0 Å². The fourth-order valence-electron chi connectivity index (χ4n) is 2.65. The molecule has 0 aromatic rings. The van der Waals surface area contributed by atoms with Crippen molar-refractivity contribution in [1.82, 2.24) is 10.2 Å². The summed E-state index contributed by atoms with van der Waals surface area (Å²) in [6.07, 6.45) is 6.77. The molecule has 1 fully saturated rings. The molecule has 1 atom stereocenters. The van der Waals surface area contributed by atoms with E-state index in [1.165, 1.54) is 30.6 Å². The molecule has 0 aromatic carbocycles. The van der Waals surface area contributed by atoms with Crippen molar-refractivity contribution in [3.63, 3.8) is 0 Å². The van der Waals surface area contributed by atoms with E-state index in [9.17, 15) is 4.79 Å². The number of nitrogens with zero attached hydrogens (tertiary/aromatic N) is 1. The smallest absolute Gasteiger partial charge is 0.207 e. The van der Waals surface area contributed by atoms with Crippen molar-refractivity contribution in [2.45, 2.75) is 32.1 Å². The van der Waals surface area contributed by atoms with Crippen LogP contribution in [-0.2, 0) is 4.79 Å². The van der Waals surface area contributed by atoms with Crippen LogP contribution in [0.4, 0.5) is 0 Å². The van der Waals surface area contributed by atoms with Gasteiger partial charge in [0.05, 0.1) is 0 Å². The first-order valence-electron chi connectivity index (χ1n) is 6.79. The number of nitrogens with one attached hydrogen (secondary N) is 1. The first-order valence-corrected chi connectivity index (χ1v) is 7.78. The number of hydrogen-bond acceptors (Lipinski definition) is 4. The Kier molecular flexibility index (Phi) is 5.38. The lowest BCUT2D eigenvalue weighted by atomic mass is 10.1. The molecule has 1 amide bonds. The van der Waals surface area contributed by atoms with Crippen LogP contribution in [0, 0.1) is 5.92 Å². The highest BCUT2D eigenvalue weighted by molar-refractivity contribution is 8.03. The van der Waals surface area contributed by atoms with Gasteiger partial charge in [-0.3, -0.25) is 9.69 Å². The van der Waals surface area contributed by atoms with Crippen LogP contribution in [0.15, 0.2) is 10.6 Å². The van der Waals surface area contributed by atoms with E-state index in [4.69, 9.17) is 5.73 Å². The normalized spacial score (nSPS) is 25.4. The minimum Gasteiger partial charge on any atom is -0.401 e. The van der Waals surface area contributed by atoms with Gasteiger partial charge in [-0.25, -0.2) is 0 Å². The lowest BCUT2D eigenvalue weighted by Gasteiger charge is -2.20. The second-order valence-corrected chi connectivity index (χ2v) is 6.23. The van der Waals surface area contributed by atoms with Gasteiger partial charge in [0.15, 0.2) is 0 Å². The van der Waals surface area contributed by atoms with Gasteiger partial charge in [-0.2, -0.15) is 0 Å². The van der Waals surface area contributed by atoms with Crippen LogP contribution in [-0.4, -0.2) is 36.8 Å². The molecular weight excluding hydrogens is 246 g/mol. The van der Waals surface area contributed by atoms with Crippen LogP contribution in [0.1, 0.15) is 32.1 Å². The third-order valence-corrected chi connectivity index (χ3v) is 5.05. The Hall–Kier alpha value is -0.680. The Balaban J connectivity index is 1.70. The standard InChI is InChI=1S/C13H23N3OS/c14-12-3-1-2-4-13(12)18-10-16-6-5-11(8-16)7-15-9-17/h9,11H,1-8,10,14H2,(H,15,17). The van der Waals surface area contributed by atoms with E-state index >= 15 is 0 Å². The summed E-state index contributed by atoms with van der Waals surface area (Å²) in [5, 5.41) is 2.78. The van der Waals surface area contributed by atoms with Crippen molar-refractivity contribution < 1.29 is 4.79 Å². The van der Waals surface area contributed by atoms with E-state index in [1.54, 1.807) is 0 Å². The average molecular weight is 269 g/mol. The summed E-state index contributed by atoms with van der Waals surface area (Å²) in [5.41, 5.74) is 7.16. The molecule has 1 saturated heterocycles. The predicted octanol–water partition coefficient (Wildman–Crippen LogP) is 1.49. The molecule has 0 aromatic heterocycles. The van der Waals surface area contributed by atoms with E-state index in [-0.39, 0.29) is 0 Å². The number of likely N-dealkylation sites (tertiary alicyclic amines) is 1. The molecule has 2 aliphatic rings. The number of rotatable bonds is 6. The monoisotopic (exact) mass is 269 g/mol. The number of carbonyl (C=O) groups excluding carboxylic acids is 1. The van der Waals surface area contributed by atoms with Gasteiger partial charge < -0.3 is 11.1 Å². The van der Waals surface area contributed by atoms with Crippen molar-refractivity contribution in [3.8, 4) is 0 Å². The molecule has 5 heteroatoms. The summed E-state index contributed by atoms with van der Waals surface area (Å²) in [6, 6.07) is 0. The zero-order valence-electron chi connectivity index (χ0n) is 10.9. The highest BCUT2D eigenvalue weighted by Gasteiger charge is 2.22. The highest BCUT2D eigenvalue weighted by atomic mass is 32.2. The summed E-state index contributed by atoms with van der Waals surface area (Å²) in [4.78, 5) is 14.1. The van der Waals surface area contributed by atoms with E-state index in [0.717, 1.165) is 44.0 Å². The number of hydrogen-bond donors (Lipinski definition) is 2. The summed E-state index contributed by atoms with van der Waals surface area (Å²) < 4.78 is 0. The minimum absolute atomic E-state index is 0.619. The lowest BCUT2D eigenvalue weighted by molar-refractivity contribution is -0.109. The maximum atomic E-state index is 10.3. The van der Waals surface area contributed by atoms with Crippen molar-refractivity contribution in [2.24, 2.45) is 11.7 Å². The van der Waals surface area contributed by atoms with Gasteiger partial charge in [-0.05, 0) is 44.6 Å². The summed E-state index contributed by atoms with van der Waals surface area (Å²) in [5.74, 6) is 1.67. The van der Waals surface area contributed by atoms with Crippen LogP contribution in [0.2, 0.25) is 0 Å². The minimum atomic E-state index is 0.619. The molecule has 1 heterocycles. The third-order valence-electron chi connectivity index (χ3n) is 3.74. The SMILES string of the molecule is NC1=C(SCN2CCC(CNC=O)C2)CCCC1. The Bertz CT molecular complexity index is 319. The zero-order valence-corrected chi connectivity index (χ0v) is 11.7. The Morgan fingerprint density at radius 3 is 3.06 bits per heavy atom. The van der Waals surface area contributed by atoms with Gasteiger partial charge in [0.1, 0.15) is 0 Å².